The van der Waals surface area contributed by atoms with Crippen LogP contribution in [0.1, 0.15) is 29.7 Å². The van der Waals surface area contributed by atoms with Gasteiger partial charge in [-0.1, -0.05) is 72.8 Å². The first-order valence-electron chi connectivity index (χ1n) is 9.59. The number of hydrogen-bond donors (Lipinski definition) is 0. The fourth-order valence-electron chi connectivity index (χ4n) is 3.78. The first-order chi connectivity index (χ1) is 13.8. The van der Waals surface area contributed by atoms with E-state index in [9.17, 15) is 0 Å². The van der Waals surface area contributed by atoms with Gasteiger partial charge in [-0.2, -0.15) is 0 Å². The molecule has 1 heterocycles. The Hall–Kier alpha value is -3.33. The zero-order valence-electron chi connectivity index (χ0n) is 15.7. The van der Waals surface area contributed by atoms with Crippen molar-refractivity contribution < 1.29 is 9.15 Å². The van der Waals surface area contributed by atoms with Gasteiger partial charge in [0.25, 0.3) is 0 Å². The summed E-state index contributed by atoms with van der Waals surface area (Å²) in [4.78, 5) is 4.94. The summed E-state index contributed by atoms with van der Waals surface area (Å²) < 4.78 is 11.7. The number of benzene rings is 3. The Kier molecular flexibility index (Phi) is 4.21. The van der Waals surface area contributed by atoms with Crippen molar-refractivity contribution >= 4 is 0 Å². The highest BCUT2D eigenvalue weighted by atomic mass is 16.5. The van der Waals surface area contributed by atoms with Gasteiger partial charge < -0.3 is 9.15 Å². The van der Waals surface area contributed by atoms with Crippen LogP contribution in [0, 0.1) is 0 Å². The van der Waals surface area contributed by atoms with E-state index in [0.717, 1.165) is 40.6 Å². The van der Waals surface area contributed by atoms with Crippen LogP contribution in [0.4, 0.5) is 0 Å². The number of rotatable bonds is 5. The van der Waals surface area contributed by atoms with E-state index in [4.69, 9.17) is 14.1 Å². The third-order valence-corrected chi connectivity index (χ3v) is 5.36. The number of hydrogen-bond acceptors (Lipinski definition) is 3. The minimum absolute atomic E-state index is 0.312. The van der Waals surface area contributed by atoms with E-state index >= 15 is 0 Å². The van der Waals surface area contributed by atoms with Crippen molar-refractivity contribution in [2.24, 2.45) is 0 Å². The maximum Gasteiger partial charge on any atom is 0.199 e. The Bertz CT molecular complexity index is 1030. The maximum absolute atomic E-state index is 6.35. The molecule has 3 nitrogen and oxygen atoms in total. The van der Waals surface area contributed by atoms with Crippen molar-refractivity contribution in [2.45, 2.75) is 18.3 Å². The molecule has 1 saturated carbocycles. The summed E-state index contributed by atoms with van der Waals surface area (Å²) in [7, 11) is 1.70. The third kappa shape index (κ3) is 3.09. The normalized spacial score (nSPS) is 18.0. The monoisotopic (exact) mass is 367 g/mol. The van der Waals surface area contributed by atoms with E-state index in [-0.39, 0.29) is 0 Å². The van der Waals surface area contributed by atoms with Crippen LogP contribution in [0.15, 0.2) is 89.3 Å². The Morgan fingerprint density at radius 3 is 2.25 bits per heavy atom. The molecule has 0 amide bonds. The largest absolute Gasteiger partial charge is 0.497 e. The lowest BCUT2D eigenvalue weighted by atomic mass is 10.1. The lowest BCUT2D eigenvalue weighted by Crippen LogP contribution is -1.88. The highest BCUT2D eigenvalue weighted by molar-refractivity contribution is 5.76. The average molecular weight is 367 g/mol. The van der Waals surface area contributed by atoms with E-state index < -0.39 is 0 Å². The third-order valence-electron chi connectivity index (χ3n) is 5.36. The second-order valence-electron chi connectivity index (χ2n) is 7.19. The predicted molar refractivity (Wildman–Crippen MR) is 110 cm³/mol. The minimum atomic E-state index is 0.312. The molecule has 1 fully saturated rings. The molecule has 0 spiro atoms. The van der Waals surface area contributed by atoms with Gasteiger partial charge in [-0.05, 0) is 30.0 Å². The van der Waals surface area contributed by atoms with Crippen molar-refractivity contribution in [3.63, 3.8) is 0 Å². The lowest BCUT2D eigenvalue weighted by Gasteiger charge is -2.03. The number of ether oxygens (including phenoxy) is 1. The zero-order chi connectivity index (χ0) is 18.9. The van der Waals surface area contributed by atoms with Gasteiger partial charge >= 0.3 is 0 Å². The van der Waals surface area contributed by atoms with Gasteiger partial charge in [0.15, 0.2) is 11.7 Å². The predicted octanol–water partition coefficient (Wildman–Crippen LogP) is 6.29. The number of oxazole rings is 1. The van der Waals surface area contributed by atoms with E-state index in [1.807, 2.05) is 48.5 Å². The van der Waals surface area contributed by atoms with Crippen molar-refractivity contribution in [3.8, 4) is 28.3 Å². The number of aromatic nitrogens is 1. The van der Waals surface area contributed by atoms with Gasteiger partial charge in [0.05, 0.1) is 7.11 Å². The molecule has 1 aliphatic rings. The van der Waals surface area contributed by atoms with Crippen molar-refractivity contribution in [2.75, 3.05) is 7.11 Å². The highest BCUT2D eigenvalue weighted by Gasteiger charge is 2.44. The number of methoxy groups -OCH3 is 1. The van der Waals surface area contributed by atoms with Gasteiger partial charge in [0, 0.05) is 17.0 Å². The Balaban J connectivity index is 1.52. The van der Waals surface area contributed by atoms with Crippen LogP contribution in [-0.4, -0.2) is 12.1 Å². The topological polar surface area (TPSA) is 35.3 Å². The molecular formula is C25H21NO2. The summed E-state index contributed by atoms with van der Waals surface area (Å²) in [6.07, 6.45) is 1.05. The molecule has 0 bridgehead atoms. The summed E-state index contributed by atoms with van der Waals surface area (Å²) in [6, 6.07) is 28.8. The fourth-order valence-corrected chi connectivity index (χ4v) is 3.78. The highest BCUT2D eigenvalue weighted by Crippen LogP contribution is 2.55. The summed E-state index contributed by atoms with van der Waals surface area (Å²) in [5.41, 5.74) is 4.33. The van der Waals surface area contributed by atoms with Gasteiger partial charge in [-0.3, -0.25) is 0 Å². The quantitative estimate of drug-likeness (QED) is 0.416. The summed E-state index contributed by atoms with van der Waals surface area (Å²) in [5.74, 6) is 3.31. The molecule has 0 radical (unpaired) electrons. The summed E-state index contributed by atoms with van der Waals surface area (Å²) >= 11 is 0. The van der Waals surface area contributed by atoms with Gasteiger partial charge in [0.1, 0.15) is 11.4 Å². The summed E-state index contributed by atoms with van der Waals surface area (Å²) in [6.45, 7) is 0. The van der Waals surface area contributed by atoms with E-state index in [1.54, 1.807) is 7.11 Å². The second kappa shape index (κ2) is 7.01. The molecule has 0 aliphatic heterocycles. The molecule has 0 N–H and O–H groups in total. The first kappa shape index (κ1) is 16.8. The average Bonchev–Trinajstić information content (AvgIpc) is 3.45. The molecule has 0 saturated heterocycles. The van der Waals surface area contributed by atoms with Crippen LogP contribution in [0.25, 0.3) is 22.6 Å². The molecule has 5 rings (SSSR count). The van der Waals surface area contributed by atoms with E-state index in [0.29, 0.717) is 11.8 Å². The van der Waals surface area contributed by atoms with Crippen LogP contribution in [-0.2, 0) is 0 Å². The van der Waals surface area contributed by atoms with Gasteiger partial charge in [-0.15, -0.1) is 0 Å². The molecule has 3 heteroatoms. The molecule has 1 aliphatic carbocycles. The molecule has 3 aromatic carbocycles. The fraction of sp³-hybridized carbons (Fsp3) is 0.160. The van der Waals surface area contributed by atoms with Crippen LogP contribution >= 0.6 is 0 Å². The van der Waals surface area contributed by atoms with Crippen LogP contribution in [0.3, 0.4) is 0 Å². The van der Waals surface area contributed by atoms with Crippen LogP contribution < -0.4 is 4.74 Å². The maximum atomic E-state index is 6.35. The van der Waals surface area contributed by atoms with Crippen molar-refractivity contribution in [3.05, 3.63) is 96.4 Å². The molecular weight excluding hydrogens is 346 g/mol. The Morgan fingerprint density at radius 1 is 0.821 bits per heavy atom. The number of nitrogens with zero attached hydrogens (tertiary/aromatic N) is 1. The van der Waals surface area contributed by atoms with Crippen molar-refractivity contribution in [1.82, 2.24) is 4.98 Å². The van der Waals surface area contributed by atoms with E-state index in [1.165, 1.54) is 5.56 Å². The smallest absolute Gasteiger partial charge is 0.199 e. The molecule has 2 unspecified atom stereocenters. The molecule has 2 atom stereocenters. The standard InChI is InChI=1S/C25H21NO2/c1-27-20-14-8-13-19(15-20)21-16-22(21)25-26-23(17-9-4-2-5-10-17)24(28-25)18-11-6-3-7-12-18/h2-15,21-22H,16H2,1H3. The zero-order valence-corrected chi connectivity index (χ0v) is 15.7. The minimum Gasteiger partial charge on any atom is -0.497 e. The van der Waals surface area contributed by atoms with E-state index in [2.05, 4.69) is 36.4 Å². The van der Waals surface area contributed by atoms with Crippen LogP contribution in [0.2, 0.25) is 0 Å². The summed E-state index contributed by atoms with van der Waals surface area (Å²) in [5, 5.41) is 0. The first-order valence-corrected chi connectivity index (χ1v) is 9.59. The Labute approximate surface area is 164 Å². The molecule has 1 aromatic heterocycles. The molecule has 28 heavy (non-hydrogen) atoms. The van der Waals surface area contributed by atoms with Gasteiger partial charge in [0.2, 0.25) is 0 Å². The Morgan fingerprint density at radius 2 is 1.54 bits per heavy atom. The van der Waals surface area contributed by atoms with Gasteiger partial charge in [-0.25, -0.2) is 4.98 Å². The second-order valence-corrected chi connectivity index (χ2v) is 7.19. The molecule has 4 aromatic rings. The lowest BCUT2D eigenvalue weighted by molar-refractivity contribution is 0.414. The van der Waals surface area contributed by atoms with Crippen LogP contribution in [0.5, 0.6) is 5.75 Å². The SMILES string of the molecule is COc1cccc(C2CC2c2nc(-c3ccccc3)c(-c3ccccc3)o2)c1. The van der Waals surface area contributed by atoms with Crippen molar-refractivity contribution in [1.29, 1.82) is 0 Å². The molecule has 138 valence electrons.